The van der Waals surface area contributed by atoms with Crippen LogP contribution < -0.4 is 5.32 Å². The van der Waals surface area contributed by atoms with E-state index >= 15 is 0 Å². The van der Waals surface area contributed by atoms with E-state index in [1.807, 2.05) is 0 Å². The zero-order valence-electron chi connectivity index (χ0n) is 11.6. The van der Waals surface area contributed by atoms with Crippen molar-refractivity contribution in [3.8, 4) is 0 Å². The van der Waals surface area contributed by atoms with E-state index in [2.05, 4.69) is 37.9 Å². The lowest BCUT2D eigenvalue weighted by Gasteiger charge is -2.36. The second-order valence-corrected chi connectivity index (χ2v) is 5.83. The largest absolute Gasteiger partial charge is 0.315 e. The highest BCUT2D eigenvalue weighted by molar-refractivity contribution is 4.76. The lowest BCUT2D eigenvalue weighted by Crippen LogP contribution is -2.40. The second kappa shape index (κ2) is 7.29. The van der Waals surface area contributed by atoms with E-state index in [4.69, 9.17) is 0 Å². The van der Waals surface area contributed by atoms with Crippen molar-refractivity contribution in [2.24, 2.45) is 5.92 Å². The van der Waals surface area contributed by atoms with E-state index in [0.717, 1.165) is 12.0 Å². The quantitative estimate of drug-likeness (QED) is 0.701. The van der Waals surface area contributed by atoms with Crippen LogP contribution in [0.4, 0.5) is 0 Å². The Morgan fingerprint density at radius 1 is 1.25 bits per heavy atom. The van der Waals surface area contributed by atoms with Crippen LogP contribution in [0.15, 0.2) is 0 Å². The molecule has 1 heterocycles. The van der Waals surface area contributed by atoms with Gasteiger partial charge in [-0.1, -0.05) is 20.8 Å². The highest BCUT2D eigenvalue weighted by Crippen LogP contribution is 2.22. The van der Waals surface area contributed by atoms with Crippen molar-refractivity contribution in [3.05, 3.63) is 0 Å². The third-order valence-corrected chi connectivity index (χ3v) is 3.70. The number of hydrogen-bond donors (Lipinski definition) is 1. The first-order chi connectivity index (χ1) is 7.59. The Kier molecular flexibility index (Phi) is 6.37. The van der Waals surface area contributed by atoms with Gasteiger partial charge in [-0.2, -0.15) is 0 Å². The number of rotatable bonds is 6. The summed E-state index contributed by atoms with van der Waals surface area (Å²) in [6, 6.07) is 1.44. The lowest BCUT2D eigenvalue weighted by atomic mass is 9.93. The zero-order chi connectivity index (χ0) is 12.0. The number of likely N-dealkylation sites (tertiary alicyclic amines) is 1. The topological polar surface area (TPSA) is 15.3 Å². The molecule has 1 fully saturated rings. The van der Waals surface area contributed by atoms with Crippen LogP contribution in [0.2, 0.25) is 0 Å². The molecule has 2 atom stereocenters. The van der Waals surface area contributed by atoms with Crippen LogP contribution in [0.1, 0.15) is 53.4 Å². The van der Waals surface area contributed by atoms with Crippen LogP contribution in [-0.4, -0.2) is 36.6 Å². The van der Waals surface area contributed by atoms with Crippen molar-refractivity contribution >= 4 is 0 Å². The molecule has 2 unspecified atom stereocenters. The molecule has 96 valence electrons. The molecule has 1 aliphatic heterocycles. The molecule has 1 N–H and O–H groups in total. The molecule has 0 saturated carbocycles. The fourth-order valence-corrected chi connectivity index (χ4v) is 2.62. The van der Waals surface area contributed by atoms with Gasteiger partial charge in [0, 0.05) is 12.1 Å². The molecular formula is C14H30N2. The number of piperidine rings is 1. The van der Waals surface area contributed by atoms with Gasteiger partial charge in [0.15, 0.2) is 0 Å². The number of hydrogen-bond acceptors (Lipinski definition) is 2. The van der Waals surface area contributed by atoms with Crippen LogP contribution in [-0.2, 0) is 0 Å². The summed E-state index contributed by atoms with van der Waals surface area (Å²) in [5.74, 6) is 0.939. The van der Waals surface area contributed by atoms with Crippen LogP contribution >= 0.6 is 0 Å². The molecule has 0 aromatic heterocycles. The molecule has 1 aliphatic rings. The Labute approximate surface area is 102 Å². The predicted octanol–water partition coefficient (Wildman–Crippen LogP) is 2.89. The monoisotopic (exact) mass is 226 g/mol. The normalized spacial score (nSPS) is 27.6. The van der Waals surface area contributed by atoms with Gasteiger partial charge in [-0.15, -0.1) is 0 Å². The van der Waals surface area contributed by atoms with Crippen molar-refractivity contribution in [3.63, 3.8) is 0 Å². The summed E-state index contributed by atoms with van der Waals surface area (Å²) in [6.45, 7) is 13.0. The van der Waals surface area contributed by atoms with Crippen LogP contribution in [0.25, 0.3) is 0 Å². The molecule has 1 rings (SSSR count). The molecule has 0 aromatic carbocycles. The summed E-state index contributed by atoms with van der Waals surface area (Å²) < 4.78 is 0. The Bertz CT molecular complexity index is 180. The SMILES string of the molecule is CC1CCN(CCCCNC(C)C)C(C)C1. The molecule has 16 heavy (non-hydrogen) atoms. The average Bonchev–Trinajstić information content (AvgIpc) is 2.20. The van der Waals surface area contributed by atoms with E-state index < -0.39 is 0 Å². The van der Waals surface area contributed by atoms with Crippen LogP contribution in [0.5, 0.6) is 0 Å². The third kappa shape index (κ3) is 5.31. The molecule has 0 amide bonds. The maximum Gasteiger partial charge on any atom is 0.00694 e. The first kappa shape index (κ1) is 14.0. The molecule has 0 bridgehead atoms. The average molecular weight is 226 g/mol. The minimum atomic E-state index is 0.634. The highest BCUT2D eigenvalue weighted by Gasteiger charge is 2.21. The van der Waals surface area contributed by atoms with Crippen molar-refractivity contribution in [2.45, 2.75) is 65.5 Å². The van der Waals surface area contributed by atoms with Crippen molar-refractivity contribution in [1.29, 1.82) is 0 Å². The van der Waals surface area contributed by atoms with Crippen molar-refractivity contribution in [1.82, 2.24) is 10.2 Å². The molecular weight excluding hydrogens is 196 g/mol. The Morgan fingerprint density at radius 2 is 2.00 bits per heavy atom. The third-order valence-electron chi connectivity index (χ3n) is 3.70. The highest BCUT2D eigenvalue weighted by atomic mass is 15.2. The van der Waals surface area contributed by atoms with E-state index in [1.165, 1.54) is 45.3 Å². The van der Waals surface area contributed by atoms with Gasteiger partial charge in [-0.3, -0.25) is 0 Å². The first-order valence-corrected chi connectivity index (χ1v) is 7.07. The Morgan fingerprint density at radius 3 is 2.62 bits per heavy atom. The van der Waals surface area contributed by atoms with E-state index in [0.29, 0.717) is 6.04 Å². The Balaban J connectivity index is 2.04. The summed E-state index contributed by atoms with van der Waals surface area (Å²) in [5, 5.41) is 3.48. The molecule has 2 nitrogen and oxygen atoms in total. The van der Waals surface area contributed by atoms with Crippen LogP contribution in [0.3, 0.4) is 0 Å². The van der Waals surface area contributed by atoms with Gasteiger partial charge in [0.25, 0.3) is 0 Å². The summed E-state index contributed by atoms with van der Waals surface area (Å²) in [4.78, 5) is 2.68. The lowest BCUT2D eigenvalue weighted by molar-refractivity contribution is 0.127. The van der Waals surface area contributed by atoms with Gasteiger partial charge in [0.2, 0.25) is 0 Å². The van der Waals surface area contributed by atoms with Gasteiger partial charge < -0.3 is 10.2 Å². The van der Waals surface area contributed by atoms with Crippen LogP contribution in [0, 0.1) is 5.92 Å². The molecule has 0 aliphatic carbocycles. The fraction of sp³-hybridized carbons (Fsp3) is 1.00. The van der Waals surface area contributed by atoms with Gasteiger partial charge in [0.1, 0.15) is 0 Å². The zero-order valence-corrected chi connectivity index (χ0v) is 11.6. The molecule has 0 aromatic rings. The fourth-order valence-electron chi connectivity index (χ4n) is 2.62. The van der Waals surface area contributed by atoms with Gasteiger partial charge >= 0.3 is 0 Å². The summed E-state index contributed by atoms with van der Waals surface area (Å²) in [5.41, 5.74) is 0. The predicted molar refractivity (Wildman–Crippen MR) is 71.8 cm³/mol. The summed E-state index contributed by atoms with van der Waals surface area (Å²) in [7, 11) is 0. The molecule has 0 spiro atoms. The van der Waals surface area contributed by atoms with Gasteiger partial charge in [0.05, 0.1) is 0 Å². The first-order valence-electron chi connectivity index (χ1n) is 7.07. The smallest absolute Gasteiger partial charge is 0.00694 e. The number of nitrogens with one attached hydrogen (secondary N) is 1. The van der Waals surface area contributed by atoms with E-state index in [9.17, 15) is 0 Å². The molecule has 1 saturated heterocycles. The summed E-state index contributed by atoms with van der Waals surface area (Å²) in [6.07, 6.45) is 5.45. The van der Waals surface area contributed by atoms with Gasteiger partial charge in [-0.05, 0) is 58.2 Å². The minimum Gasteiger partial charge on any atom is -0.315 e. The minimum absolute atomic E-state index is 0.634. The number of unbranched alkanes of at least 4 members (excludes halogenated alkanes) is 1. The van der Waals surface area contributed by atoms with Crippen molar-refractivity contribution in [2.75, 3.05) is 19.6 Å². The summed E-state index contributed by atoms with van der Waals surface area (Å²) >= 11 is 0. The molecule has 0 radical (unpaired) electrons. The Hall–Kier alpha value is -0.0800. The standard InChI is InChI=1S/C14H30N2/c1-12(2)15-8-5-6-9-16-10-7-13(3)11-14(16)4/h12-15H,5-11H2,1-4H3. The van der Waals surface area contributed by atoms with Crippen molar-refractivity contribution < 1.29 is 0 Å². The van der Waals surface area contributed by atoms with Gasteiger partial charge in [-0.25, -0.2) is 0 Å². The maximum atomic E-state index is 3.48. The second-order valence-electron chi connectivity index (χ2n) is 5.83. The molecule has 2 heteroatoms. The van der Waals surface area contributed by atoms with E-state index in [-0.39, 0.29) is 0 Å². The number of nitrogens with zero attached hydrogens (tertiary/aromatic N) is 1. The maximum absolute atomic E-state index is 3.48. The van der Waals surface area contributed by atoms with E-state index in [1.54, 1.807) is 0 Å².